The number of thioether (sulfide) groups is 1. The van der Waals surface area contributed by atoms with Gasteiger partial charge in [0, 0.05) is 19.2 Å². The number of nitrogens with zero attached hydrogens (tertiary/aromatic N) is 1. The van der Waals surface area contributed by atoms with E-state index in [0.29, 0.717) is 0 Å². The first kappa shape index (κ1) is 16.9. The molecule has 0 saturated carbocycles. The van der Waals surface area contributed by atoms with Gasteiger partial charge in [0.05, 0.1) is 6.61 Å². The van der Waals surface area contributed by atoms with Crippen LogP contribution in [0.2, 0.25) is 0 Å². The third-order valence-electron chi connectivity index (χ3n) is 3.14. The van der Waals surface area contributed by atoms with Crippen LogP contribution in [0.4, 0.5) is 0 Å². The quantitative estimate of drug-likeness (QED) is 0.550. The molecule has 1 aromatic rings. The van der Waals surface area contributed by atoms with Gasteiger partial charge in [0.25, 0.3) is 5.56 Å². The van der Waals surface area contributed by atoms with Gasteiger partial charge in [-0.3, -0.25) is 19.1 Å². The number of aromatic nitrogens is 2. The van der Waals surface area contributed by atoms with Gasteiger partial charge in [-0.1, -0.05) is 11.8 Å². The number of aliphatic hydroxyl groups is 2. The Kier molecular flexibility index (Phi) is 5.53. The van der Waals surface area contributed by atoms with Crippen molar-refractivity contribution in [3.05, 3.63) is 33.1 Å². The first-order valence-corrected chi connectivity index (χ1v) is 7.43. The molecule has 1 aromatic heterocycles. The minimum absolute atomic E-state index is 0.0346. The summed E-state index contributed by atoms with van der Waals surface area (Å²) in [6.07, 6.45) is -2.89. The third kappa shape index (κ3) is 3.65. The topological polar surface area (TPSA) is 131 Å². The zero-order valence-electron chi connectivity index (χ0n) is 11.7. The number of carbonyl (C=O) groups is 1. The molecule has 1 unspecified atom stereocenters. The maximum absolute atomic E-state index is 11.8. The summed E-state index contributed by atoms with van der Waals surface area (Å²) in [4.78, 5) is 35.9. The van der Waals surface area contributed by atoms with Gasteiger partial charge in [0.1, 0.15) is 24.3 Å². The van der Waals surface area contributed by atoms with Crippen molar-refractivity contribution in [2.24, 2.45) is 0 Å². The van der Waals surface area contributed by atoms with Crippen LogP contribution in [0.25, 0.3) is 0 Å². The van der Waals surface area contributed by atoms with Gasteiger partial charge in [-0.15, -0.1) is 0 Å². The summed E-state index contributed by atoms with van der Waals surface area (Å²) in [5.41, 5.74) is -1.29. The molecule has 22 heavy (non-hydrogen) atoms. The summed E-state index contributed by atoms with van der Waals surface area (Å²) in [7, 11) is 0. The Morgan fingerprint density at radius 3 is 2.86 bits per heavy atom. The first-order chi connectivity index (χ1) is 10.4. The second kappa shape index (κ2) is 7.20. The number of aromatic amines is 1. The minimum atomic E-state index is -1.18. The summed E-state index contributed by atoms with van der Waals surface area (Å²) in [6.45, 7) is 0.908. The summed E-state index contributed by atoms with van der Waals surface area (Å²) >= 11 is 0.897. The van der Waals surface area contributed by atoms with Gasteiger partial charge < -0.3 is 19.7 Å². The fraction of sp³-hybridized carbons (Fsp3) is 0.583. The largest absolute Gasteiger partial charge is 0.394 e. The minimum Gasteiger partial charge on any atom is -0.394 e. The van der Waals surface area contributed by atoms with E-state index in [1.807, 2.05) is 0 Å². The van der Waals surface area contributed by atoms with E-state index in [-0.39, 0.29) is 11.1 Å². The first-order valence-electron chi connectivity index (χ1n) is 6.45. The average Bonchev–Trinajstić information content (AvgIpc) is 2.75. The lowest BCUT2D eigenvalue weighted by Gasteiger charge is -2.21. The lowest BCUT2D eigenvalue weighted by Crippen LogP contribution is -2.39. The molecule has 3 N–H and O–H groups in total. The van der Waals surface area contributed by atoms with E-state index in [1.54, 1.807) is 0 Å². The molecule has 0 bridgehead atoms. The van der Waals surface area contributed by atoms with Crippen LogP contribution in [-0.2, 0) is 14.3 Å². The van der Waals surface area contributed by atoms with Gasteiger partial charge in [-0.05, 0) is 0 Å². The fourth-order valence-electron chi connectivity index (χ4n) is 2.10. The lowest BCUT2D eigenvalue weighted by molar-refractivity contribution is -0.109. The van der Waals surface area contributed by atoms with Crippen molar-refractivity contribution in [1.82, 2.24) is 9.55 Å². The lowest BCUT2D eigenvalue weighted by atomic mass is 10.1. The molecule has 0 radical (unpaired) electrons. The van der Waals surface area contributed by atoms with Crippen LogP contribution in [0.15, 0.2) is 21.9 Å². The van der Waals surface area contributed by atoms with Crippen molar-refractivity contribution < 1.29 is 24.5 Å². The van der Waals surface area contributed by atoms with Crippen molar-refractivity contribution in [3.8, 4) is 0 Å². The normalized spacial score (nSPS) is 28.0. The van der Waals surface area contributed by atoms with Crippen LogP contribution < -0.4 is 11.2 Å². The molecule has 2 heterocycles. The molecular weight excluding hydrogens is 316 g/mol. The van der Waals surface area contributed by atoms with E-state index in [4.69, 9.17) is 9.47 Å². The van der Waals surface area contributed by atoms with Crippen LogP contribution in [0, 0.1) is 0 Å². The number of nitrogens with one attached hydrogen (secondary N) is 1. The number of hydrogen-bond acceptors (Lipinski definition) is 8. The third-order valence-corrected chi connectivity index (χ3v) is 3.80. The monoisotopic (exact) mass is 332 g/mol. The molecule has 122 valence electrons. The molecule has 10 heteroatoms. The van der Waals surface area contributed by atoms with E-state index in [2.05, 4.69) is 4.98 Å². The smallest absolute Gasteiger partial charge is 0.330 e. The maximum atomic E-state index is 11.8. The van der Waals surface area contributed by atoms with Gasteiger partial charge in [-0.25, -0.2) is 4.79 Å². The van der Waals surface area contributed by atoms with Crippen molar-refractivity contribution >= 4 is 16.9 Å². The van der Waals surface area contributed by atoms with Gasteiger partial charge in [-0.2, -0.15) is 0 Å². The number of ether oxygens (including phenoxy) is 2. The SMILES string of the molecule is CC(=O)SCOC1[C@@H](O)[C@@H](CO)O[C@H]1n1ccc(=O)[nH]c1=O. The van der Waals surface area contributed by atoms with E-state index in [9.17, 15) is 24.6 Å². The Balaban J connectivity index is 2.23. The number of H-pyrrole nitrogens is 1. The molecule has 0 amide bonds. The van der Waals surface area contributed by atoms with E-state index in [0.717, 1.165) is 22.4 Å². The second-order valence-electron chi connectivity index (χ2n) is 4.64. The zero-order valence-corrected chi connectivity index (χ0v) is 12.5. The van der Waals surface area contributed by atoms with Crippen LogP contribution in [-0.4, -0.2) is 55.7 Å². The highest BCUT2D eigenvalue weighted by atomic mass is 32.2. The highest BCUT2D eigenvalue weighted by Crippen LogP contribution is 2.31. The molecular formula is C12H16N2O7S. The predicted molar refractivity (Wildman–Crippen MR) is 76.3 cm³/mol. The Labute approximate surface area is 128 Å². The molecule has 1 fully saturated rings. The van der Waals surface area contributed by atoms with E-state index in [1.165, 1.54) is 13.1 Å². The summed E-state index contributed by atoms with van der Waals surface area (Å²) < 4.78 is 11.9. The number of hydrogen-bond donors (Lipinski definition) is 3. The summed E-state index contributed by atoms with van der Waals surface area (Å²) in [6, 6.07) is 1.13. The van der Waals surface area contributed by atoms with Crippen LogP contribution in [0.1, 0.15) is 13.2 Å². The van der Waals surface area contributed by atoms with Crippen LogP contribution in [0.5, 0.6) is 0 Å². The van der Waals surface area contributed by atoms with Gasteiger partial charge in [0.15, 0.2) is 11.3 Å². The standard InChI is InChI=1S/C12H16N2O7S/c1-6(16)22-5-20-10-9(18)7(4-15)21-11(10)14-3-2-8(17)13-12(14)19/h2-3,7,9-11,15,18H,4-5H2,1H3,(H,13,17,19)/t7-,9+,10?,11-/m1/s1. The molecule has 1 saturated heterocycles. The van der Waals surface area contributed by atoms with Crippen molar-refractivity contribution in [2.75, 3.05) is 12.5 Å². The zero-order chi connectivity index (χ0) is 16.3. The Morgan fingerprint density at radius 1 is 1.55 bits per heavy atom. The molecule has 0 aliphatic carbocycles. The average molecular weight is 332 g/mol. The van der Waals surface area contributed by atoms with Crippen molar-refractivity contribution in [3.63, 3.8) is 0 Å². The Hall–Kier alpha value is -1.46. The fourth-order valence-corrected chi connectivity index (χ4v) is 2.49. The van der Waals surface area contributed by atoms with Gasteiger partial charge in [0.2, 0.25) is 0 Å². The highest BCUT2D eigenvalue weighted by molar-refractivity contribution is 8.13. The molecule has 0 aromatic carbocycles. The summed E-state index contributed by atoms with van der Waals surface area (Å²) in [5.74, 6) is -0.0346. The number of rotatable bonds is 5. The summed E-state index contributed by atoms with van der Waals surface area (Å²) in [5, 5.41) is 19.1. The Morgan fingerprint density at radius 2 is 2.27 bits per heavy atom. The van der Waals surface area contributed by atoms with Gasteiger partial charge >= 0.3 is 5.69 Å². The predicted octanol–water partition coefficient (Wildman–Crippen LogP) is -1.59. The number of aliphatic hydroxyl groups excluding tert-OH is 2. The van der Waals surface area contributed by atoms with E-state index >= 15 is 0 Å². The van der Waals surface area contributed by atoms with Crippen LogP contribution >= 0.6 is 11.8 Å². The van der Waals surface area contributed by atoms with Crippen LogP contribution in [0.3, 0.4) is 0 Å². The Bertz CT molecular complexity index is 643. The molecule has 2 rings (SSSR count). The molecule has 4 atom stereocenters. The van der Waals surface area contributed by atoms with Crippen molar-refractivity contribution in [2.45, 2.75) is 31.5 Å². The van der Waals surface area contributed by atoms with Crippen molar-refractivity contribution in [1.29, 1.82) is 0 Å². The number of carbonyl (C=O) groups excluding carboxylic acids is 1. The van der Waals surface area contributed by atoms with E-state index < -0.39 is 42.4 Å². The maximum Gasteiger partial charge on any atom is 0.330 e. The highest BCUT2D eigenvalue weighted by Gasteiger charge is 2.45. The second-order valence-corrected chi connectivity index (χ2v) is 5.74. The molecule has 0 spiro atoms. The molecule has 9 nitrogen and oxygen atoms in total. The molecule has 1 aliphatic heterocycles. The molecule has 1 aliphatic rings.